The maximum Gasteiger partial charge on any atom is 2.00 e. The minimum atomic E-state index is -1.72. The maximum absolute atomic E-state index is 13.0. The molecule has 0 unspecified atom stereocenters. The van der Waals surface area contributed by atoms with Gasteiger partial charge in [0.1, 0.15) is 0 Å². The molecule has 154 valence electrons. The van der Waals surface area contributed by atoms with Gasteiger partial charge < -0.3 is 18.9 Å². The summed E-state index contributed by atoms with van der Waals surface area (Å²) >= 11 is 0. The van der Waals surface area contributed by atoms with E-state index in [2.05, 4.69) is 0 Å². The molecular weight excluding hydrogens is 451 g/mol. The Balaban J connectivity index is 0.00000364. The third kappa shape index (κ3) is 2.24. The molecule has 0 aromatic heterocycles. The quantitative estimate of drug-likeness (QED) is 0.250. The summed E-state index contributed by atoms with van der Waals surface area (Å²) < 4.78 is 19.6. The fourth-order valence-corrected chi connectivity index (χ4v) is 4.97. The molecule has 0 aromatic carbocycles. The van der Waals surface area contributed by atoms with Gasteiger partial charge in [0.2, 0.25) is 0 Å². The van der Waals surface area contributed by atoms with E-state index in [1.165, 1.54) is 14.2 Å². The topological polar surface area (TPSA) is 105 Å². The molecule has 0 bridgehead atoms. The zero-order chi connectivity index (χ0) is 20.3. The normalized spacial score (nSPS) is 29.0. The minimum absolute atomic E-state index is 0. The van der Waals surface area contributed by atoms with E-state index in [1.54, 1.807) is 27.7 Å². The van der Waals surface area contributed by atoms with Gasteiger partial charge in [0.25, 0.3) is 11.9 Å². The van der Waals surface area contributed by atoms with E-state index < -0.39 is 45.5 Å². The Hall–Kier alpha value is -1.72. The van der Waals surface area contributed by atoms with Crippen LogP contribution < -0.4 is 0 Å². The standard InChI is InChI=1S/C18H24O8.Pd/c1-15(2)9(11(19)23-5)17(15,13(21)25-7)18(14(22)26-8)10(12(20)24-6)16(18,3)4;/h1-8H3;/q-2;+2/t17-,18-;/m0./s1. The molecule has 2 fully saturated rings. The number of rotatable bonds is 5. The van der Waals surface area contributed by atoms with E-state index in [4.69, 9.17) is 18.9 Å². The van der Waals surface area contributed by atoms with Gasteiger partial charge in [-0.05, 0) is 0 Å². The van der Waals surface area contributed by atoms with Crippen LogP contribution in [0.2, 0.25) is 0 Å². The van der Waals surface area contributed by atoms with Crippen molar-refractivity contribution in [2.75, 3.05) is 28.4 Å². The molecule has 8 nitrogen and oxygen atoms in total. The second-order valence-corrected chi connectivity index (χ2v) is 7.47. The van der Waals surface area contributed by atoms with Gasteiger partial charge in [-0.2, -0.15) is 0 Å². The molecule has 0 spiro atoms. The average Bonchev–Trinajstić information content (AvgIpc) is 3.34. The number of methoxy groups -OCH3 is 4. The van der Waals surface area contributed by atoms with Gasteiger partial charge in [-0.15, -0.1) is 10.8 Å². The zero-order valence-electron chi connectivity index (χ0n) is 16.6. The number of hydrogen-bond acceptors (Lipinski definition) is 8. The summed E-state index contributed by atoms with van der Waals surface area (Å²) in [7, 11) is 4.68. The second-order valence-electron chi connectivity index (χ2n) is 7.47. The Kier molecular flexibility index (Phi) is 5.80. The first-order valence-electron chi connectivity index (χ1n) is 8.02. The first-order chi connectivity index (χ1) is 11.9. The van der Waals surface area contributed by atoms with Crippen molar-refractivity contribution < 1.29 is 58.5 Å². The van der Waals surface area contributed by atoms with Crippen LogP contribution in [0.3, 0.4) is 0 Å². The molecular formula is C18H24O8Pd. The first-order valence-corrected chi connectivity index (χ1v) is 8.02. The van der Waals surface area contributed by atoms with Gasteiger partial charge in [-0.3, -0.25) is 31.0 Å². The molecule has 0 heterocycles. The van der Waals surface area contributed by atoms with Crippen molar-refractivity contribution in [1.82, 2.24) is 0 Å². The molecule has 0 aromatic rings. The molecule has 27 heavy (non-hydrogen) atoms. The molecule has 0 radical (unpaired) electrons. The molecule has 9 heteroatoms. The monoisotopic (exact) mass is 474 g/mol. The predicted octanol–water partition coefficient (Wildman–Crippen LogP) is 0.877. The number of esters is 4. The third-order valence-electron chi connectivity index (χ3n) is 6.07. The van der Waals surface area contributed by atoms with Gasteiger partial charge in [0, 0.05) is 0 Å². The smallest absolute Gasteiger partial charge is 0.491 e. The summed E-state index contributed by atoms with van der Waals surface area (Å²) in [5.74, 6) is -2.96. The molecule has 0 N–H and O–H groups in total. The Morgan fingerprint density at radius 3 is 1.04 bits per heavy atom. The van der Waals surface area contributed by atoms with Crippen molar-refractivity contribution in [3.63, 3.8) is 0 Å². The van der Waals surface area contributed by atoms with Gasteiger partial charge >= 0.3 is 20.4 Å². The molecule has 0 amide bonds. The van der Waals surface area contributed by atoms with Crippen molar-refractivity contribution in [3.8, 4) is 0 Å². The van der Waals surface area contributed by atoms with Crippen LogP contribution >= 0.6 is 0 Å². The van der Waals surface area contributed by atoms with E-state index in [9.17, 15) is 19.2 Å². The van der Waals surface area contributed by atoms with Crippen molar-refractivity contribution in [2.24, 2.45) is 21.7 Å². The van der Waals surface area contributed by atoms with E-state index in [0.717, 1.165) is 14.2 Å². The van der Waals surface area contributed by atoms with Crippen LogP contribution in [-0.4, -0.2) is 52.3 Å². The fourth-order valence-electron chi connectivity index (χ4n) is 4.97. The summed E-state index contributed by atoms with van der Waals surface area (Å²) in [5.41, 5.74) is -5.62. The van der Waals surface area contributed by atoms with Gasteiger partial charge in [0.05, 0.1) is 28.4 Å². The third-order valence-corrected chi connectivity index (χ3v) is 6.07. The molecule has 0 aliphatic heterocycles. The number of carbonyl (C=O) groups is 4. The molecule has 0 saturated heterocycles. The van der Waals surface area contributed by atoms with Crippen molar-refractivity contribution in [2.45, 2.75) is 27.7 Å². The van der Waals surface area contributed by atoms with Crippen LogP contribution in [0.1, 0.15) is 27.7 Å². The van der Waals surface area contributed by atoms with Crippen LogP contribution in [0.4, 0.5) is 0 Å². The molecule has 2 rings (SSSR count). The minimum Gasteiger partial charge on any atom is -0.491 e. The summed E-state index contributed by atoms with van der Waals surface area (Å²) in [6.07, 6.45) is 0. The van der Waals surface area contributed by atoms with Gasteiger partial charge in [-0.1, -0.05) is 38.5 Å². The van der Waals surface area contributed by atoms with Crippen molar-refractivity contribution in [1.29, 1.82) is 0 Å². The Bertz CT molecular complexity index is 627. The second kappa shape index (κ2) is 6.71. The van der Waals surface area contributed by atoms with Crippen molar-refractivity contribution in [3.05, 3.63) is 11.8 Å². The van der Waals surface area contributed by atoms with Crippen LogP contribution in [-0.2, 0) is 58.5 Å². The number of carbonyl (C=O) groups excluding carboxylic acids is 4. The molecule has 2 aliphatic rings. The van der Waals surface area contributed by atoms with E-state index in [-0.39, 0.29) is 32.3 Å². The first kappa shape index (κ1) is 23.3. The van der Waals surface area contributed by atoms with Gasteiger partial charge in [0.15, 0.2) is 11.9 Å². The number of hydrogen-bond donors (Lipinski definition) is 0. The predicted molar refractivity (Wildman–Crippen MR) is 87.0 cm³/mol. The largest absolute Gasteiger partial charge is 2.00 e. The fraction of sp³-hybridized carbons (Fsp3) is 0.667. The summed E-state index contributed by atoms with van der Waals surface area (Å²) in [6, 6.07) is 0. The Labute approximate surface area is 172 Å². The number of ether oxygens (including phenoxy) is 4. The Morgan fingerprint density at radius 1 is 0.593 bits per heavy atom. The Morgan fingerprint density at radius 2 is 0.852 bits per heavy atom. The van der Waals surface area contributed by atoms with Crippen LogP contribution in [0.15, 0.2) is 0 Å². The van der Waals surface area contributed by atoms with Crippen molar-refractivity contribution >= 4 is 23.9 Å². The zero-order valence-corrected chi connectivity index (χ0v) is 18.1. The molecule has 2 saturated carbocycles. The average molecular weight is 475 g/mol. The van der Waals surface area contributed by atoms with Gasteiger partial charge in [-0.25, -0.2) is 0 Å². The van der Waals surface area contributed by atoms with E-state index in [1.807, 2.05) is 0 Å². The van der Waals surface area contributed by atoms with E-state index in [0.29, 0.717) is 0 Å². The maximum atomic E-state index is 13.0. The van der Waals surface area contributed by atoms with Crippen LogP contribution in [0.5, 0.6) is 0 Å². The summed E-state index contributed by atoms with van der Waals surface area (Å²) in [5, 5.41) is 0. The van der Waals surface area contributed by atoms with E-state index >= 15 is 0 Å². The summed E-state index contributed by atoms with van der Waals surface area (Å²) in [4.78, 5) is 50.8. The summed E-state index contributed by atoms with van der Waals surface area (Å²) in [6.45, 7) is 6.52. The SMILES string of the molecule is COC(=O)[C-]1C(C)(C)[C@]1(C(=O)OC)[C@]1(C(=O)OC)[C-](C(=O)OC)C1(C)C.[Pd+2]. The van der Waals surface area contributed by atoms with Crippen LogP contribution in [0, 0.1) is 33.5 Å². The van der Waals surface area contributed by atoms with Crippen LogP contribution in [0.25, 0.3) is 0 Å². The molecule has 2 atom stereocenters. The molecule has 2 aliphatic carbocycles.